The normalized spacial score (nSPS) is 23.1. The number of carbonyl (C=O) groups excluding carboxylic acids is 1. The van der Waals surface area contributed by atoms with Crippen LogP contribution in [0.1, 0.15) is 37.7 Å². The minimum absolute atomic E-state index is 0.0432. The molecular formula is C17H24N2O2. The van der Waals surface area contributed by atoms with Crippen LogP contribution < -0.4 is 10.6 Å². The number of carbonyl (C=O) groups is 1. The molecule has 1 aliphatic heterocycles. The Labute approximate surface area is 125 Å². The zero-order chi connectivity index (χ0) is 14.7. The van der Waals surface area contributed by atoms with Crippen molar-refractivity contribution in [1.82, 2.24) is 10.6 Å². The van der Waals surface area contributed by atoms with Crippen LogP contribution in [-0.2, 0) is 10.4 Å². The van der Waals surface area contributed by atoms with E-state index in [-0.39, 0.29) is 17.9 Å². The predicted octanol–water partition coefficient (Wildman–Crippen LogP) is 1.54. The van der Waals surface area contributed by atoms with Crippen molar-refractivity contribution in [2.45, 2.75) is 43.7 Å². The molecule has 3 N–H and O–H groups in total. The van der Waals surface area contributed by atoms with Gasteiger partial charge in [-0.15, -0.1) is 0 Å². The van der Waals surface area contributed by atoms with Crippen LogP contribution in [0.25, 0.3) is 0 Å². The highest BCUT2D eigenvalue weighted by Gasteiger charge is 2.48. The third-order valence-corrected chi connectivity index (χ3v) is 4.93. The van der Waals surface area contributed by atoms with Gasteiger partial charge in [0.1, 0.15) is 0 Å². The molecule has 1 aromatic rings. The Morgan fingerprint density at radius 3 is 2.38 bits per heavy atom. The molecule has 2 fully saturated rings. The Bertz CT molecular complexity index is 481. The van der Waals surface area contributed by atoms with Crippen LogP contribution >= 0.6 is 0 Å². The number of benzene rings is 1. The van der Waals surface area contributed by atoms with Gasteiger partial charge in [0, 0.05) is 12.0 Å². The van der Waals surface area contributed by atoms with Crippen LogP contribution in [0.5, 0.6) is 0 Å². The zero-order valence-corrected chi connectivity index (χ0v) is 12.3. The zero-order valence-electron chi connectivity index (χ0n) is 12.3. The highest BCUT2D eigenvalue weighted by atomic mass is 16.3. The molecule has 4 nitrogen and oxygen atoms in total. The summed E-state index contributed by atoms with van der Waals surface area (Å²) in [6.45, 7) is 1.86. The molecule has 1 aromatic carbocycles. The van der Waals surface area contributed by atoms with Gasteiger partial charge in [0.15, 0.2) is 5.60 Å². The second-order valence-electron chi connectivity index (χ2n) is 6.26. The molecular weight excluding hydrogens is 264 g/mol. The van der Waals surface area contributed by atoms with E-state index in [1.54, 1.807) is 0 Å². The Hall–Kier alpha value is -1.39. The van der Waals surface area contributed by atoms with E-state index in [1.165, 1.54) is 0 Å². The number of hydrogen-bond acceptors (Lipinski definition) is 3. The molecule has 1 aliphatic carbocycles. The summed E-state index contributed by atoms with van der Waals surface area (Å²) in [4.78, 5) is 12.8. The lowest BCUT2D eigenvalue weighted by atomic mass is 9.69. The van der Waals surface area contributed by atoms with Crippen LogP contribution in [0.3, 0.4) is 0 Å². The fourth-order valence-electron chi connectivity index (χ4n) is 3.33. The van der Waals surface area contributed by atoms with Crippen molar-refractivity contribution in [2.24, 2.45) is 5.92 Å². The molecule has 0 spiro atoms. The predicted molar refractivity (Wildman–Crippen MR) is 81.7 cm³/mol. The lowest BCUT2D eigenvalue weighted by Crippen LogP contribution is -2.55. The summed E-state index contributed by atoms with van der Waals surface area (Å²) < 4.78 is 0. The van der Waals surface area contributed by atoms with Gasteiger partial charge in [0.25, 0.3) is 5.91 Å². The summed E-state index contributed by atoms with van der Waals surface area (Å²) in [5.41, 5.74) is -0.647. The lowest BCUT2D eigenvalue weighted by molar-refractivity contribution is -0.153. The van der Waals surface area contributed by atoms with Gasteiger partial charge in [-0.05, 0) is 44.3 Å². The van der Waals surface area contributed by atoms with Gasteiger partial charge >= 0.3 is 0 Å². The van der Waals surface area contributed by atoms with E-state index in [1.807, 2.05) is 30.3 Å². The molecule has 0 radical (unpaired) electrons. The summed E-state index contributed by atoms with van der Waals surface area (Å²) in [6, 6.07) is 9.58. The fraction of sp³-hybridized carbons (Fsp3) is 0.588. The van der Waals surface area contributed by atoms with Crippen molar-refractivity contribution in [2.75, 3.05) is 13.1 Å². The number of aliphatic hydroxyl groups is 1. The Morgan fingerprint density at radius 1 is 1.14 bits per heavy atom. The minimum atomic E-state index is -1.37. The minimum Gasteiger partial charge on any atom is -0.375 e. The summed E-state index contributed by atoms with van der Waals surface area (Å²) >= 11 is 0. The summed E-state index contributed by atoms with van der Waals surface area (Å²) in [5, 5.41) is 17.5. The Balaban J connectivity index is 1.79. The molecule has 0 bridgehead atoms. The van der Waals surface area contributed by atoms with Crippen LogP contribution in [0.15, 0.2) is 30.3 Å². The van der Waals surface area contributed by atoms with Gasteiger partial charge in [-0.1, -0.05) is 36.8 Å². The number of hydrogen-bond donors (Lipinski definition) is 3. The molecule has 1 atom stereocenters. The average Bonchev–Trinajstić information content (AvgIpc) is 2.47. The van der Waals surface area contributed by atoms with E-state index in [0.717, 1.165) is 50.8 Å². The Morgan fingerprint density at radius 2 is 1.81 bits per heavy atom. The van der Waals surface area contributed by atoms with Crippen LogP contribution in [0.4, 0.5) is 0 Å². The van der Waals surface area contributed by atoms with Gasteiger partial charge in [-0.2, -0.15) is 0 Å². The molecule has 21 heavy (non-hydrogen) atoms. The number of rotatable bonds is 4. The molecule has 2 aliphatic rings. The average molecular weight is 288 g/mol. The Kier molecular flexibility index (Phi) is 4.27. The second kappa shape index (κ2) is 6.16. The molecule has 0 aromatic heterocycles. The summed E-state index contributed by atoms with van der Waals surface area (Å²) in [6.07, 6.45) is 4.80. The van der Waals surface area contributed by atoms with Gasteiger partial charge in [-0.3, -0.25) is 4.79 Å². The van der Waals surface area contributed by atoms with Crippen molar-refractivity contribution in [1.29, 1.82) is 0 Å². The van der Waals surface area contributed by atoms with E-state index in [9.17, 15) is 9.90 Å². The maximum Gasteiger partial charge on any atom is 0.257 e. The van der Waals surface area contributed by atoms with Crippen LogP contribution in [-0.4, -0.2) is 30.1 Å². The number of piperidine rings is 1. The second-order valence-corrected chi connectivity index (χ2v) is 6.26. The SMILES string of the molecule is O=C(NC1CCNCC1)C(O)(c1ccccc1)C1CCC1. The monoisotopic (exact) mass is 288 g/mol. The van der Waals surface area contributed by atoms with Crippen molar-refractivity contribution < 1.29 is 9.90 Å². The van der Waals surface area contributed by atoms with Crippen LogP contribution in [0.2, 0.25) is 0 Å². The first-order valence-corrected chi connectivity index (χ1v) is 8.01. The fourth-order valence-corrected chi connectivity index (χ4v) is 3.33. The molecule has 1 heterocycles. The maximum atomic E-state index is 12.8. The third kappa shape index (κ3) is 2.83. The lowest BCUT2D eigenvalue weighted by Gasteiger charge is -2.41. The van der Waals surface area contributed by atoms with Crippen molar-refractivity contribution >= 4 is 5.91 Å². The van der Waals surface area contributed by atoms with Crippen LogP contribution in [0, 0.1) is 5.92 Å². The quantitative estimate of drug-likeness (QED) is 0.787. The largest absolute Gasteiger partial charge is 0.375 e. The number of amides is 1. The maximum absolute atomic E-state index is 12.8. The number of nitrogens with one attached hydrogen (secondary N) is 2. The van der Waals surface area contributed by atoms with E-state index in [0.29, 0.717) is 0 Å². The standard InChI is InChI=1S/C17H24N2O2/c20-16(19-15-9-11-18-12-10-15)17(21,14-7-4-8-14)13-5-2-1-3-6-13/h1-3,5-6,14-15,18,21H,4,7-12H2,(H,19,20). The first-order chi connectivity index (χ1) is 10.2. The molecule has 1 amide bonds. The first kappa shape index (κ1) is 14.5. The van der Waals surface area contributed by atoms with E-state index < -0.39 is 5.60 Å². The van der Waals surface area contributed by atoms with Gasteiger partial charge in [-0.25, -0.2) is 0 Å². The molecule has 1 saturated heterocycles. The van der Waals surface area contributed by atoms with Crippen molar-refractivity contribution in [3.05, 3.63) is 35.9 Å². The topological polar surface area (TPSA) is 61.4 Å². The van der Waals surface area contributed by atoms with Crippen molar-refractivity contribution in [3.8, 4) is 0 Å². The highest BCUT2D eigenvalue weighted by Crippen LogP contribution is 2.42. The smallest absolute Gasteiger partial charge is 0.257 e. The van der Waals surface area contributed by atoms with E-state index in [4.69, 9.17) is 0 Å². The van der Waals surface area contributed by atoms with Gasteiger partial charge in [0.2, 0.25) is 0 Å². The molecule has 1 saturated carbocycles. The molecule has 4 heteroatoms. The van der Waals surface area contributed by atoms with Crippen molar-refractivity contribution in [3.63, 3.8) is 0 Å². The highest BCUT2D eigenvalue weighted by molar-refractivity contribution is 5.87. The molecule has 1 unspecified atom stereocenters. The summed E-state index contributed by atoms with van der Waals surface area (Å²) in [7, 11) is 0. The first-order valence-electron chi connectivity index (χ1n) is 8.01. The molecule has 3 rings (SSSR count). The van der Waals surface area contributed by atoms with E-state index in [2.05, 4.69) is 10.6 Å². The van der Waals surface area contributed by atoms with Gasteiger partial charge in [0.05, 0.1) is 0 Å². The molecule has 114 valence electrons. The summed E-state index contributed by atoms with van der Waals surface area (Å²) in [5.74, 6) is -0.174. The van der Waals surface area contributed by atoms with Gasteiger partial charge < -0.3 is 15.7 Å². The third-order valence-electron chi connectivity index (χ3n) is 4.93. The van der Waals surface area contributed by atoms with E-state index >= 15 is 0 Å².